The maximum atomic E-state index is 12.5. The molecule has 0 bridgehead atoms. The first-order chi connectivity index (χ1) is 10.4. The smallest absolute Gasteiger partial charge is 0.416 e. The van der Waals surface area contributed by atoms with Crippen LogP contribution in [0.5, 0.6) is 5.75 Å². The van der Waals surface area contributed by atoms with Crippen molar-refractivity contribution >= 4 is 11.8 Å². The summed E-state index contributed by atoms with van der Waals surface area (Å²) in [5.74, 6) is 0.121. The number of alkyl halides is 3. The quantitative estimate of drug-likeness (QED) is 0.826. The fourth-order valence-corrected chi connectivity index (χ4v) is 1.62. The number of carbonyl (C=O) groups is 1. The Hall–Kier alpha value is -2.12. The normalized spacial score (nSPS) is 13.3. The number of amides is 1. The Morgan fingerprint density at radius 3 is 2.39 bits per heavy atom. The number of halogens is 3. The van der Waals surface area contributed by atoms with Crippen LogP contribution in [0.25, 0.3) is 0 Å². The number of carbonyl (C=O) groups excluding carboxylic acids is 1. The Kier molecular flexibility index (Phi) is 5.74. The minimum Gasteiger partial charge on any atom is -0.489 e. The second kappa shape index (κ2) is 6.97. The number of benzene rings is 1. The second-order valence-corrected chi connectivity index (χ2v) is 6.11. The number of anilines is 1. The van der Waals surface area contributed by atoms with Gasteiger partial charge in [-0.05, 0) is 45.9 Å². The standard InChI is InChI=1S/C15H21F3N2O3/c1-9(20-13(21)23-14(2,3)4)8-22-12-6-5-10(7-11(12)19)15(16,17)18/h5-7,9H,8,19H2,1-4H3,(H,20,21)/t9-/m1/s1. The topological polar surface area (TPSA) is 73.6 Å². The van der Waals surface area contributed by atoms with Gasteiger partial charge in [0, 0.05) is 0 Å². The average Bonchev–Trinajstić information content (AvgIpc) is 2.33. The number of alkyl carbamates (subject to hydrolysis) is 1. The molecule has 0 aliphatic rings. The van der Waals surface area contributed by atoms with Gasteiger partial charge in [0.15, 0.2) is 0 Å². The zero-order valence-electron chi connectivity index (χ0n) is 13.5. The van der Waals surface area contributed by atoms with E-state index in [9.17, 15) is 18.0 Å². The molecule has 0 radical (unpaired) electrons. The summed E-state index contributed by atoms with van der Waals surface area (Å²) >= 11 is 0. The number of nitrogen functional groups attached to an aromatic ring is 1. The summed E-state index contributed by atoms with van der Waals surface area (Å²) in [5.41, 5.74) is 3.96. The maximum Gasteiger partial charge on any atom is 0.416 e. The van der Waals surface area contributed by atoms with Gasteiger partial charge in [-0.1, -0.05) is 0 Å². The van der Waals surface area contributed by atoms with Crippen LogP contribution >= 0.6 is 0 Å². The number of rotatable bonds is 4. The van der Waals surface area contributed by atoms with E-state index in [1.54, 1.807) is 27.7 Å². The second-order valence-electron chi connectivity index (χ2n) is 6.11. The Labute approximate surface area is 132 Å². The summed E-state index contributed by atoms with van der Waals surface area (Å²) in [7, 11) is 0. The summed E-state index contributed by atoms with van der Waals surface area (Å²) in [4.78, 5) is 11.6. The molecule has 3 N–H and O–H groups in total. The van der Waals surface area contributed by atoms with Gasteiger partial charge in [-0.15, -0.1) is 0 Å². The summed E-state index contributed by atoms with van der Waals surface area (Å²) in [6.07, 6.45) is -5.06. The van der Waals surface area contributed by atoms with Crippen LogP contribution < -0.4 is 15.8 Å². The molecule has 0 unspecified atom stereocenters. The highest BCUT2D eigenvalue weighted by molar-refractivity contribution is 5.68. The van der Waals surface area contributed by atoms with Gasteiger partial charge >= 0.3 is 12.3 Å². The molecular formula is C15H21F3N2O3. The van der Waals surface area contributed by atoms with Crippen LogP contribution in [0.4, 0.5) is 23.7 Å². The van der Waals surface area contributed by atoms with Gasteiger partial charge in [-0.3, -0.25) is 0 Å². The Morgan fingerprint density at radius 2 is 1.91 bits per heavy atom. The van der Waals surface area contributed by atoms with E-state index in [-0.39, 0.29) is 18.0 Å². The molecule has 1 aromatic carbocycles. The summed E-state index contributed by atoms with van der Waals surface area (Å²) in [6, 6.07) is 2.43. The summed E-state index contributed by atoms with van der Waals surface area (Å²) in [6.45, 7) is 6.91. The van der Waals surface area contributed by atoms with Crippen LogP contribution in [0.2, 0.25) is 0 Å². The minimum absolute atomic E-state index is 0.0365. The monoisotopic (exact) mass is 334 g/mol. The maximum absolute atomic E-state index is 12.5. The highest BCUT2D eigenvalue weighted by atomic mass is 19.4. The van der Waals surface area contributed by atoms with E-state index in [0.29, 0.717) is 0 Å². The lowest BCUT2D eigenvalue weighted by Crippen LogP contribution is -2.40. The number of hydrogen-bond donors (Lipinski definition) is 2. The van der Waals surface area contributed by atoms with Crippen molar-refractivity contribution in [1.29, 1.82) is 0 Å². The van der Waals surface area contributed by atoms with E-state index >= 15 is 0 Å². The molecule has 130 valence electrons. The van der Waals surface area contributed by atoms with Crippen molar-refractivity contribution in [3.63, 3.8) is 0 Å². The van der Waals surface area contributed by atoms with Crippen molar-refractivity contribution in [2.75, 3.05) is 12.3 Å². The largest absolute Gasteiger partial charge is 0.489 e. The third-order valence-electron chi connectivity index (χ3n) is 2.59. The average molecular weight is 334 g/mol. The first kappa shape index (κ1) is 18.9. The molecule has 23 heavy (non-hydrogen) atoms. The van der Waals surface area contributed by atoms with Gasteiger partial charge in [0.25, 0.3) is 0 Å². The van der Waals surface area contributed by atoms with Crippen molar-refractivity contribution in [2.24, 2.45) is 0 Å². The van der Waals surface area contributed by atoms with Crippen molar-refractivity contribution in [3.05, 3.63) is 23.8 Å². The van der Waals surface area contributed by atoms with Crippen LogP contribution in [0, 0.1) is 0 Å². The highest BCUT2D eigenvalue weighted by Gasteiger charge is 2.31. The van der Waals surface area contributed by atoms with E-state index in [4.69, 9.17) is 15.2 Å². The van der Waals surface area contributed by atoms with Gasteiger partial charge in [0.1, 0.15) is 18.0 Å². The zero-order chi connectivity index (χ0) is 17.8. The van der Waals surface area contributed by atoms with E-state index in [0.717, 1.165) is 18.2 Å². The number of hydrogen-bond acceptors (Lipinski definition) is 4. The third kappa shape index (κ3) is 6.66. The Bertz CT molecular complexity index is 554. The van der Waals surface area contributed by atoms with Crippen LogP contribution in [-0.2, 0) is 10.9 Å². The molecule has 8 heteroatoms. The predicted molar refractivity (Wildman–Crippen MR) is 80.2 cm³/mol. The van der Waals surface area contributed by atoms with Crippen LogP contribution in [-0.4, -0.2) is 24.3 Å². The highest BCUT2D eigenvalue weighted by Crippen LogP contribution is 2.33. The first-order valence-corrected chi connectivity index (χ1v) is 6.97. The molecule has 1 aromatic rings. The summed E-state index contributed by atoms with van der Waals surface area (Å²) in [5, 5.41) is 2.55. The van der Waals surface area contributed by atoms with Crippen LogP contribution in [0.15, 0.2) is 18.2 Å². The van der Waals surface area contributed by atoms with E-state index in [1.807, 2.05) is 0 Å². The molecule has 0 aromatic heterocycles. The van der Waals surface area contributed by atoms with Gasteiger partial charge in [0.2, 0.25) is 0 Å². The molecule has 1 atom stereocenters. The molecule has 0 saturated carbocycles. The minimum atomic E-state index is -4.46. The van der Waals surface area contributed by atoms with Gasteiger partial charge < -0.3 is 20.5 Å². The Balaban J connectivity index is 2.56. The number of nitrogens with one attached hydrogen (secondary N) is 1. The lowest BCUT2D eigenvalue weighted by Gasteiger charge is -2.22. The van der Waals surface area contributed by atoms with E-state index in [1.165, 1.54) is 0 Å². The molecule has 0 saturated heterocycles. The number of ether oxygens (including phenoxy) is 2. The van der Waals surface area contributed by atoms with Crippen molar-refractivity contribution in [1.82, 2.24) is 5.32 Å². The van der Waals surface area contributed by atoms with Crippen LogP contribution in [0.3, 0.4) is 0 Å². The van der Waals surface area contributed by atoms with Gasteiger partial charge in [0.05, 0.1) is 17.3 Å². The van der Waals surface area contributed by atoms with E-state index in [2.05, 4.69) is 5.32 Å². The zero-order valence-corrected chi connectivity index (χ0v) is 13.5. The first-order valence-electron chi connectivity index (χ1n) is 6.97. The van der Waals surface area contributed by atoms with Gasteiger partial charge in [-0.2, -0.15) is 13.2 Å². The van der Waals surface area contributed by atoms with E-state index < -0.39 is 29.5 Å². The molecule has 5 nitrogen and oxygen atoms in total. The predicted octanol–water partition coefficient (Wildman–Crippen LogP) is 3.58. The molecule has 1 rings (SSSR count). The molecule has 0 spiro atoms. The van der Waals surface area contributed by atoms with Crippen molar-refractivity contribution < 1.29 is 27.4 Å². The summed E-state index contributed by atoms with van der Waals surface area (Å²) < 4.78 is 48.0. The molecule has 0 aliphatic carbocycles. The van der Waals surface area contributed by atoms with Crippen LogP contribution in [0.1, 0.15) is 33.3 Å². The van der Waals surface area contributed by atoms with Crippen molar-refractivity contribution in [2.45, 2.75) is 45.5 Å². The Morgan fingerprint density at radius 1 is 1.30 bits per heavy atom. The fourth-order valence-electron chi connectivity index (χ4n) is 1.62. The number of nitrogens with two attached hydrogens (primary N) is 1. The third-order valence-corrected chi connectivity index (χ3v) is 2.59. The molecule has 1 amide bonds. The fraction of sp³-hybridized carbons (Fsp3) is 0.533. The molecule has 0 heterocycles. The lowest BCUT2D eigenvalue weighted by molar-refractivity contribution is -0.137. The molecule has 0 aliphatic heterocycles. The van der Waals surface area contributed by atoms with Gasteiger partial charge in [-0.25, -0.2) is 4.79 Å². The molecular weight excluding hydrogens is 313 g/mol. The van der Waals surface area contributed by atoms with Crippen molar-refractivity contribution in [3.8, 4) is 5.75 Å². The SMILES string of the molecule is C[C@H](COc1ccc(C(F)(F)F)cc1N)NC(=O)OC(C)(C)C. The lowest BCUT2D eigenvalue weighted by atomic mass is 10.2. The molecule has 0 fully saturated rings.